The molecule has 0 saturated heterocycles. The second kappa shape index (κ2) is 4.77. The quantitative estimate of drug-likeness (QED) is 0.393. The summed E-state index contributed by atoms with van der Waals surface area (Å²) in [5, 5.41) is 8.66. The first-order chi connectivity index (χ1) is 5.93. The van der Waals surface area contributed by atoms with Crippen LogP contribution in [0.1, 0.15) is 20.3 Å². The van der Waals surface area contributed by atoms with Gasteiger partial charge in [0.2, 0.25) is 0 Å². The second-order valence-electron chi connectivity index (χ2n) is 3.23. The minimum atomic E-state index is -0.695. The van der Waals surface area contributed by atoms with E-state index in [0.29, 0.717) is 6.42 Å². The van der Waals surface area contributed by atoms with Crippen LogP contribution in [0, 0.1) is 0 Å². The first-order valence-electron chi connectivity index (χ1n) is 3.93. The number of rotatable bonds is 5. The van der Waals surface area contributed by atoms with Crippen molar-refractivity contribution in [3.63, 3.8) is 0 Å². The van der Waals surface area contributed by atoms with Gasteiger partial charge in [-0.25, -0.2) is 4.79 Å². The molecule has 13 heavy (non-hydrogen) atoms. The highest BCUT2D eigenvalue weighted by atomic mass is 16.6. The Kier molecular flexibility index (Phi) is 4.34. The van der Waals surface area contributed by atoms with Gasteiger partial charge in [-0.3, -0.25) is 4.99 Å². The molecule has 74 valence electrons. The van der Waals surface area contributed by atoms with Gasteiger partial charge in [0, 0.05) is 13.0 Å². The van der Waals surface area contributed by atoms with E-state index in [-0.39, 0.29) is 12.3 Å². The second-order valence-corrected chi connectivity index (χ2v) is 3.23. The predicted molar refractivity (Wildman–Crippen MR) is 50.6 cm³/mol. The molecule has 0 saturated carbocycles. The van der Waals surface area contributed by atoms with Gasteiger partial charge in [0.15, 0.2) is 0 Å². The van der Waals surface area contributed by atoms with E-state index >= 15 is 0 Å². The van der Waals surface area contributed by atoms with Crippen LogP contribution < -0.4 is 0 Å². The molecule has 0 aromatic heterocycles. The summed E-state index contributed by atoms with van der Waals surface area (Å²) in [6.07, 6.45) is 0.378. The normalized spacial score (nSPS) is 10.7. The smallest absolute Gasteiger partial charge is 0.356 e. The van der Waals surface area contributed by atoms with E-state index in [2.05, 4.69) is 18.3 Å². The van der Waals surface area contributed by atoms with Gasteiger partial charge in [0.05, 0.1) is 0 Å². The standard InChI is InChI=1S/C9H15NO3/c1-7(10-4)8(12)13-9(2,3)5-6-11/h11H,1,4-6H2,2-3H3. The third-order valence-electron chi connectivity index (χ3n) is 1.51. The number of hydrogen-bond donors (Lipinski definition) is 1. The van der Waals surface area contributed by atoms with Crippen molar-refractivity contribution in [2.45, 2.75) is 25.9 Å². The molecule has 0 heterocycles. The van der Waals surface area contributed by atoms with Crippen LogP contribution in [0.15, 0.2) is 17.3 Å². The lowest BCUT2D eigenvalue weighted by Gasteiger charge is -2.23. The minimum absolute atomic E-state index is 0.0222. The Morgan fingerprint density at radius 2 is 2.15 bits per heavy atom. The number of carbonyl (C=O) groups is 1. The third kappa shape index (κ3) is 4.42. The molecule has 0 amide bonds. The van der Waals surface area contributed by atoms with E-state index in [1.54, 1.807) is 13.8 Å². The number of aliphatic hydroxyl groups excluding tert-OH is 1. The van der Waals surface area contributed by atoms with Crippen molar-refractivity contribution in [1.82, 2.24) is 0 Å². The van der Waals surface area contributed by atoms with Crippen molar-refractivity contribution in [3.8, 4) is 0 Å². The monoisotopic (exact) mass is 185 g/mol. The summed E-state index contributed by atoms with van der Waals surface area (Å²) in [6.45, 7) is 9.89. The fourth-order valence-corrected chi connectivity index (χ4v) is 0.695. The third-order valence-corrected chi connectivity index (χ3v) is 1.51. The average molecular weight is 185 g/mol. The topological polar surface area (TPSA) is 58.9 Å². The van der Waals surface area contributed by atoms with E-state index in [0.717, 1.165) is 0 Å². The summed E-state index contributed by atoms with van der Waals surface area (Å²) < 4.78 is 5.00. The van der Waals surface area contributed by atoms with E-state index in [1.807, 2.05) is 0 Å². The Hall–Kier alpha value is -1.16. The molecule has 0 aliphatic carbocycles. The molecule has 4 heteroatoms. The fourth-order valence-electron chi connectivity index (χ4n) is 0.695. The van der Waals surface area contributed by atoms with Crippen molar-refractivity contribution >= 4 is 12.7 Å². The summed E-state index contributed by atoms with van der Waals surface area (Å²) in [4.78, 5) is 14.5. The Labute approximate surface area is 77.9 Å². The van der Waals surface area contributed by atoms with Crippen LogP contribution in [-0.2, 0) is 9.53 Å². The number of aliphatic imine (C=N–C) groups is 1. The highest BCUT2D eigenvalue weighted by Crippen LogP contribution is 2.15. The van der Waals surface area contributed by atoms with Crippen LogP contribution in [0.2, 0.25) is 0 Å². The Bertz CT molecular complexity index is 221. The van der Waals surface area contributed by atoms with Crippen LogP contribution in [0.5, 0.6) is 0 Å². The van der Waals surface area contributed by atoms with Gasteiger partial charge in [-0.2, -0.15) is 0 Å². The first kappa shape index (κ1) is 11.8. The van der Waals surface area contributed by atoms with Gasteiger partial charge in [-0.05, 0) is 20.6 Å². The fraction of sp³-hybridized carbons (Fsp3) is 0.556. The van der Waals surface area contributed by atoms with Crippen molar-refractivity contribution in [3.05, 3.63) is 12.3 Å². The van der Waals surface area contributed by atoms with Crippen LogP contribution in [-0.4, -0.2) is 30.0 Å². The minimum Gasteiger partial charge on any atom is -0.455 e. The molecule has 0 unspecified atom stereocenters. The molecular weight excluding hydrogens is 170 g/mol. The molecule has 0 aromatic rings. The Balaban J connectivity index is 4.18. The molecule has 0 spiro atoms. The molecule has 0 fully saturated rings. The summed E-state index contributed by atoms with van der Waals surface area (Å²) in [7, 11) is 0. The van der Waals surface area contributed by atoms with Crippen LogP contribution in [0.4, 0.5) is 0 Å². The lowest BCUT2D eigenvalue weighted by atomic mass is 10.1. The van der Waals surface area contributed by atoms with E-state index in [9.17, 15) is 4.79 Å². The van der Waals surface area contributed by atoms with Gasteiger partial charge in [0.25, 0.3) is 0 Å². The maximum Gasteiger partial charge on any atom is 0.356 e. The largest absolute Gasteiger partial charge is 0.455 e. The Morgan fingerprint density at radius 1 is 1.62 bits per heavy atom. The van der Waals surface area contributed by atoms with Crippen molar-refractivity contribution in [2.24, 2.45) is 4.99 Å². The van der Waals surface area contributed by atoms with Crippen LogP contribution >= 0.6 is 0 Å². The van der Waals surface area contributed by atoms with Gasteiger partial charge in [-0.15, -0.1) is 0 Å². The summed E-state index contributed by atoms with van der Waals surface area (Å²) in [6, 6.07) is 0. The number of ether oxygens (including phenoxy) is 1. The Morgan fingerprint density at radius 3 is 2.54 bits per heavy atom. The first-order valence-corrected chi connectivity index (χ1v) is 3.93. The molecule has 0 bridgehead atoms. The number of esters is 1. The number of hydrogen-bond acceptors (Lipinski definition) is 4. The zero-order chi connectivity index (χ0) is 10.5. The maximum atomic E-state index is 11.1. The number of carbonyl (C=O) groups excluding carboxylic acids is 1. The van der Waals surface area contributed by atoms with E-state index in [4.69, 9.17) is 9.84 Å². The van der Waals surface area contributed by atoms with E-state index < -0.39 is 11.6 Å². The molecule has 0 aliphatic heterocycles. The lowest BCUT2D eigenvalue weighted by molar-refractivity contribution is -0.152. The summed E-state index contributed by atoms with van der Waals surface area (Å²) in [5.41, 5.74) is -0.717. The van der Waals surface area contributed by atoms with Gasteiger partial charge >= 0.3 is 5.97 Å². The summed E-state index contributed by atoms with van der Waals surface area (Å²) >= 11 is 0. The molecule has 0 aliphatic rings. The van der Waals surface area contributed by atoms with Crippen molar-refractivity contribution in [2.75, 3.05) is 6.61 Å². The molecule has 0 atom stereocenters. The molecule has 1 N–H and O–H groups in total. The molecule has 0 aromatic carbocycles. The zero-order valence-corrected chi connectivity index (χ0v) is 8.04. The highest BCUT2D eigenvalue weighted by molar-refractivity contribution is 5.88. The van der Waals surface area contributed by atoms with Gasteiger partial charge in [-0.1, -0.05) is 6.58 Å². The van der Waals surface area contributed by atoms with Crippen molar-refractivity contribution < 1.29 is 14.6 Å². The van der Waals surface area contributed by atoms with E-state index in [1.165, 1.54) is 0 Å². The molecular formula is C9H15NO3. The van der Waals surface area contributed by atoms with Crippen LogP contribution in [0.3, 0.4) is 0 Å². The highest BCUT2D eigenvalue weighted by Gasteiger charge is 2.23. The van der Waals surface area contributed by atoms with Gasteiger partial charge in [0.1, 0.15) is 11.3 Å². The van der Waals surface area contributed by atoms with Gasteiger partial charge < -0.3 is 9.84 Å². The maximum absolute atomic E-state index is 11.1. The lowest BCUT2D eigenvalue weighted by Crippen LogP contribution is -2.29. The predicted octanol–water partition coefficient (Wildman–Crippen LogP) is 0.905. The molecule has 0 rings (SSSR count). The SMILES string of the molecule is C=NC(=C)C(=O)OC(C)(C)CCO. The number of aliphatic hydroxyl groups is 1. The van der Waals surface area contributed by atoms with Crippen LogP contribution in [0.25, 0.3) is 0 Å². The summed E-state index contributed by atoms with van der Waals surface area (Å²) in [5.74, 6) is -0.603. The zero-order valence-electron chi connectivity index (χ0n) is 8.04. The number of nitrogens with zero attached hydrogens (tertiary/aromatic N) is 1. The van der Waals surface area contributed by atoms with Crippen molar-refractivity contribution in [1.29, 1.82) is 0 Å². The molecule has 0 radical (unpaired) electrons. The average Bonchev–Trinajstić information content (AvgIpc) is 2.01. The molecule has 4 nitrogen and oxygen atoms in total.